The number of aryl methyl sites for hydroxylation is 1. The number of nitrogens with zero attached hydrogens (tertiary/aromatic N) is 3. The molecule has 1 N–H and O–H groups in total. The third-order valence-electron chi connectivity index (χ3n) is 4.78. The second-order valence-corrected chi connectivity index (χ2v) is 6.83. The standard InChI is InChI=1S/C22H28N4O/c1-2-3-4-5-8-16-26-20-12-7-6-11-19(20)25-21(26)13-15-24-22(27)18-10-9-14-23-17-18/h6-7,9-12,14,17H,2-5,8,13,15-16H2,1H3,(H,24,27). The summed E-state index contributed by atoms with van der Waals surface area (Å²) in [7, 11) is 0. The normalized spacial score (nSPS) is 11.0. The van der Waals surface area contributed by atoms with E-state index in [1.807, 2.05) is 6.07 Å². The summed E-state index contributed by atoms with van der Waals surface area (Å²) in [6.07, 6.45) is 10.2. The molecule has 1 amide bonds. The number of imidazole rings is 1. The highest BCUT2D eigenvalue weighted by Gasteiger charge is 2.11. The van der Waals surface area contributed by atoms with Gasteiger partial charge in [0.15, 0.2) is 0 Å². The Morgan fingerprint density at radius 2 is 1.93 bits per heavy atom. The predicted octanol–water partition coefficient (Wildman–Crippen LogP) is 4.37. The van der Waals surface area contributed by atoms with E-state index in [1.54, 1.807) is 24.5 Å². The summed E-state index contributed by atoms with van der Waals surface area (Å²) in [5, 5.41) is 2.97. The molecule has 0 atom stereocenters. The van der Waals surface area contributed by atoms with Gasteiger partial charge in [-0.3, -0.25) is 9.78 Å². The van der Waals surface area contributed by atoms with Crippen LogP contribution in [0.5, 0.6) is 0 Å². The van der Waals surface area contributed by atoms with Crippen LogP contribution in [0, 0.1) is 0 Å². The number of amides is 1. The smallest absolute Gasteiger partial charge is 0.252 e. The molecule has 0 unspecified atom stereocenters. The molecule has 2 aromatic heterocycles. The molecule has 27 heavy (non-hydrogen) atoms. The lowest BCUT2D eigenvalue weighted by Gasteiger charge is -2.10. The molecular formula is C22H28N4O. The van der Waals surface area contributed by atoms with E-state index >= 15 is 0 Å². The number of carbonyl (C=O) groups excluding carboxylic acids is 1. The van der Waals surface area contributed by atoms with Crippen LogP contribution in [-0.2, 0) is 13.0 Å². The number of unbranched alkanes of at least 4 members (excludes halogenated alkanes) is 4. The fourth-order valence-corrected chi connectivity index (χ4v) is 3.33. The third-order valence-corrected chi connectivity index (χ3v) is 4.78. The van der Waals surface area contributed by atoms with E-state index in [9.17, 15) is 4.79 Å². The molecule has 0 fully saturated rings. The number of hydrogen-bond acceptors (Lipinski definition) is 3. The lowest BCUT2D eigenvalue weighted by atomic mass is 10.1. The molecular weight excluding hydrogens is 336 g/mol. The second kappa shape index (κ2) is 9.86. The molecule has 0 spiro atoms. The molecule has 0 aliphatic carbocycles. The van der Waals surface area contributed by atoms with Gasteiger partial charge in [0, 0.05) is 31.9 Å². The Morgan fingerprint density at radius 1 is 1.07 bits per heavy atom. The average Bonchev–Trinajstić information content (AvgIpc) is 3.06. The van der Waals surface area contributed by atoms with Gasteiger partial charge in [-0.25, -0.2) is 4.98 Å². The first kappa shape index (κ1) is 19.1. The van der Waals surface area contributed by atoms with Crippen LogP contribution in [0.4, 0.5) is 0 Å². The van der Waals surface area contributed by atoms with E-state index in [0.29, 0.717) is 12.1 Å². The molecule has 0 saturated carbocycles. The van der Waals surface area contributed by atoms with E-state index in [2.05, 4.69) is 40.0 Å². The molecule has 0 aliphatic heterocycles. The number of fused-ring (bicyclic) bond motifs is 1. The Kier molecular flexibility index (Phi) is 6.97. The van der Waals surface area contributed by atoms with Crippen molar-refractivity contribution in [3.8, 4) is 0 Å². The fourth-order valence-electron chi connectivity index (χ4n) is 3.33. The van der Waals surface area contributed by atoms with Gasteiger partial charge in [-0.05, 0) is 30.7 Å². The van der Waals surface area contributed by atoms with Crippen LogP contribution in [0.15, 0.2) is 48.8 Å². The zero-order chi connectivity index (χ0) is 18.9. The molecule has 0 bridgehead atoms. The number of rotatable bonds is 10. The number of aromatic nitrogens is 3. The molecule has 3 rings (SSSR count). The maximum absolute atomic E-state index is 12.2. The SMILES string of the molecule is CCCCCCCn1c(CCNC(=O)c2cccnc2)nc2ccccc21. The highest BCUT2D eigenvalue weighted by molar-refractivity contribution is 5.93. The van der Waals surface area contributed by atoms with Crippen LogP contribution < -0.4 is 5.32 Å². The second-order valence-electron chi connectivity index (χ2n) is 6.83. The molecule has 0 aliphatic rings. The summed E-state index contributed by atoms with van der Waals surface area (Å²) < 4.78 is 2.32. The molecule has 2 heterocycles. The Hall–Kier alpha value is -2.69. The number of para-hydroxylation sites is 2. The first-order valence-electron chi connectivity index (χ1n) is 9.92. The summed E-state index contributed by atoms with van der Waals surface area (Å²) in [5.41, 5.74) is 2.79. The summed E-state index contributed by atoms with van der Waals surface area (Å²) >= 11 is 0. The minimum Gasteiger partial charge on any atom is -0.352 e. The van der Waals surface area contributed by atoms with Gasteiger partial charge in [-0.15, -0.1) is 0 Å². The van der Waals surface area contributed by atoms with E-state index in [1.165, 1.54) is 31.2 Å². The summed E-state index contributed by atoms with van der Waals surface area (Å²) in [6.45, 7) is 3.78. The quantitative estimate of drug-likeness (QED) is 0.543. The minimum atomic E-state index is -0.0923. The van der Waals surface area contributed by atoms with E-state index in [-0.39, 0.29) is 5.91 Å². The van der Waals surface area contributed by atoms with Gasteiger partial charge in [0.05, 0.1) is 16.6 Å². The van der Waals surface area contributed by atoms with Crippen molar-refractivity contribution in [2.75, 3.05) is 6.54 Å². The van der Waals surface area contributed by atoms with Gasteiger partial charge in [-0.1, -0.05) is 44.7 Å². The highest BCUT2D eigenvalue weighted by Crippen LogP contribution is 2.18. The Morgan fingerprint density at radius 3 is 2.74 bits per heavy atom. The molecule has 0 radical (unpaired) electrons. The maximum Gasteiger partial charge on any atom is 0.252 e. The molecule has 0 saturated heterocycles. The van der Waals surface area contributed by atoms with Crippen LogP contribution in [0.1, 0.15) is 55.2 Å². The number of carbonyl (C=O) groups is 1. The molecule has 5 nitrogen and oxygen atoms in total. The summed E-state index contributed by atoms with van der Waals surface area (Å²) in [6, 6.07) is 11.8. The van der Waals surface area contributed by atoms with Crippen molar-refractivity contribution in [1.82, 2.24) is 19.9 Å². The van der Waals surface area contributed by atoms with Gasteiger partial charge in [0.2, 0.25) is 0 Å². The van der Waals surface area contributed by atoms with Crippen LogP contribution in [0.2, 0.25) is 0 Å². The van der Waals surface area contributed by atoms with Gasteiger partial charge in [0.1, 0.15) is 5.82 Å². The lowest BCUT2D eigenvalue weighted by molar-refractivity contribution is 0.0953. The van der Waals surface area contributed by atoms with Gasteiger partial charge >= 0.3 is 0 Å². The third kappa shape index (κ3) is 5.16. The summed E-state index contributed by atoms with van der Waals surface area (Å²) in [4.78, 5) is 21.0. The minimum absolute atomic E-state index is 0.0923. The van der Waals surface area contributed by atoms with Crippen molar-refractivity contribution in [1.29, 1.82) is 0 Å². The zero-order valence-electron chi connectivity index (χ0n) is 16.0. The number of benzene rings is 1. The number of nitrogens with one attached hydrogen (secondary N) is 1. The largest absolute Gasteiger partial charge is 0.352 e. The van der Waals surface area contributed by atoms with Crippen molar-refractivity contribution in [2.24, 2.45) is 0 Å². The topological polar surface area (TPSA) is 59.8 Å². The van der Waals surface area contributed by atoms with Crippen LogP contribution in [-0.4, -0.2) is 27.0 Å². The predicted molar refractivity (Wildman–Crippen MR) is 109 cm³/mol. The van der Waals surface area contributed by atoms with Crippen LogP contribution in [0.25, 0.3) is 11.0 Å². The average molecular weight is 364 g/mol. The van der Waals surface area contributed by atoms with E-state index in [4.69, 9.17) is 4.98 Å². The van der Waals surface area contributed by atoms with Gasteiger partial charge in [-0.2, -0.15) is 0 Å². The Balaban J connectivity index is 1.62. The van der Waals surface area contributed by atoms with Crippen LogP contribution >= 0.6 is 0 Å². The van der Waals surface area contributed by atoms with E-state index < -0.39 is 0 Å². The highest BCUT2D eigenvalue weighted by atomic mass is 16.1. The van der Waals surface area contributed by atoms with Crippen molar-refractivity contribution < 1.29 is 4.79 Å². The summed E-state index contributed by atoms with van der Waals surface area (Å²) in [5.74, 6) is 0.948. The molecule has 3 aromatic rings. The van der Waals surface area contributed by atoms with Gasteiger partial charge < -0.3 is 9.88 Å². The number of hydrogen-bond donors (Lipinski definition) is 1. The van der Waals surface area contributed by atoms with Gasteiger partial charge in [0.25, 0.3) is 5.91 Å². The van der Waals surface area contributed by atoms with Crippen molar-refractivity contribution >= 4 is 16.9 Å². The lowest BCUT2D eigenvalue weighted by Crippen LogP contribution is -2.26. The van der Waals surface area contributed by atoms with E-state index in [0.717, 1.165) is 30.7 Å². The fraction of sp³-hybridized carbons (Fsp3) is 0.409. The van der Waals surface area contributed by atoms with Crippen molar-refractivity contribution in [2.45, 2.75) is 52.0 Å². The molecule has 142 valence electrons. The Bertz CT molecular complexity index is 857. The first-order chi connectivity index (χ1) is 13.3. The molecule has 1 aromatic carbocycles. The first-order valence-corrected chi connectivity index (χ1v) is 9.92. The van der Waals surface area contributed by atoms with Crippen LogP contribution in [0.3, 0.4) is 0 Å². The Labute approximate surface area is 160 Å². The number of pyridine rings is 1. The monoisotopic (exact) mass is 364 g/mol. The molecule has 5 heteroatoms. The maximum atomic E-state index is 12.2. The zero-order valence-corrected chi connectivity index (χ0v) is 16.0. The van der Waals surface area contributed by atoms with Crippen molar-refractivity contribution in [3.63, 3.8) is 0 Å². The van der Waals surface area contributed by atoms with Crippen molar-refractivity contribution in [3.05, 3.63) is 60.2 Å².